The molecule has 3 aliphatic heterocycles. The van der Waals surface area contributed by atoms with Crippen LogP contribution in [0.25, 0.3) is 0 Å². The second kappa shape index (κ2) is 7.55. The largest absolute Gasteiger partial charge is 0.465 e. The van der Waals surface area contributed by atoms with Crippen LogP contribution in [0.5, 0.6) is 23.0 Å². The third kappa shape index (κ3) is 3.39. The summed E-state index contributed by atoms with van der Waals surface area (Å²) in [6.07, 6.45) is 0.343. The van der Waals surface area contributed by atoms with E-state index in [4.69, 9.17) is 23.7 Å². The van der Waals surface area contributed by atoms with Gasteiger partial charge in [0.05, 0.1) is 28.4 Å². The molecular weight excluding hydrogens is 428 g/mol. The first-order valence-corrected chi connectivity index (χ1v) is 9.71. The number of nitro groups is 2. The molecular formula is C20H16N2O10. The maximum Gasteiger partial charge on any atom is 0.315 e. The maximum atomic E-state index is 12.5. The highest BCUT2D eigenvalue weighted by Gasteiger charge is 2.39. The summed E-state index contributed by atoms with van der Waals surface area (Å²) in [6.45, 7) is -0.0436. The molecule has 32 heavy (non-hydrogen) atoms. The maximum absolute atomic E-state index is 12.5. The average Bonchev–Trinajstić information content (AvgIpc) is 3.48. The lowest BCUT2D eigenvalue weighted by molar-refractivity contribution is -0.385. The van der Waals surface area contributed by atoms with Crippen LogP contribution in [0.1, 0.15) is 11.1 Å². The van der Waals surface area contributed by atoms with E-state index >= 15 is 0 Å². The Kier molecular flexibility index (Phi) is 4.68. The fraction of sp³-hybridized carbons (Fsp3) is 0.350. The van der Waals surface area contributed by atoms with E-state index in [0.29, 0.717) is 16.9 Å². The van der Waals surface area contributed by atoms with Crippen LogP contribution in [-0.2, 0) is 22.4 Å². The molecule has 5 rings (SSSR count). The molecule has 0 radical (unpaired) electrons. The number of hydrogen-bond acceptors (Lipinski definition) is 10. The third-order valence-electron chi connectivity index (χ3n) is 5.73. The number of nitrogens with zero attached hydrogens (tertiary/aromatic N) is 2. The number of carbonyl (C=O) groups excluding carboxylic acids is 1. The van der Waals surface area contributed by atoms with Gasteiger partial charge in [-0.15, -0.1) is 0 Å². The molecule has 166 valence electrons. The molecule has 12 nitrogen and oxygen atoms in total. The minimum atomic E-state index is -0.668. The predicted molar refractivity (Wildman–Crippen MR) is 104 cm³/mol. The molecule has 1 fully saturated rings. The van der Waals surface area contributed by atoms with Gasteiger partial charge < -0.3 is 23.7 Å². The SMILES string of the molecule is O=C1OC[C@H](Cc2cc3c(c([N+](=O)[O-])c2)OCO3)[C@H]1Cc1cc2c(cc1[N+](=O)[O-])OCO2. The summed E-state index contributed by atoms with van der Waals surface area (Å²) in [5, 5.41) is 23.0. The van der Waals surface area contributed by atoms with E-state index in [-0.39, 0.29) is 67.6 Å². The molecule has 2 atom stereocenters. The van der Waals surface area contributed by atoms with Crippen molar-refractivity contribution in [1.29, 1.82) is 0 Å². The van der Waals surface area contributed by atoms with Crippen molar-refractivity contribution in [2.24, 2.45) is 11.8 Å². The number of ether oxygens (including phenoxy) is 5. The van der Waals surface area contributed by atoms with Gasteiger partial charge in [0.2, 0.25) is 19.3 Å². The lowest BCUT2D eigenvalue weighted by atomic mass is 9.84. The van der Waals surface area contributed by atoms with E-state index in [1.54, 1.807) is 6.07 Å². The van der Waals surface area contributed by atoms with Crippen LogP contribution < -0.4 is 18.9 Å². The lowest BCUT2D eigenvalue weighted by Gasteiger charge is -2.16. The van der Waals surface area contributed by atoms with Gasteiger partial charge in [0, 0.05) is 17.5 Å². The first kappa shape index (κ1) is 19.8. The molecule has 12 heteroatoms. The molecule has 0 bridgehead atoms. The van der Waals surface area contributed by atoms with Gasteiger partial charge in [-0.05, 0) is 30.5 Å². The van der Waals surface area contributed by atoms with Crippen molar-refractivity contribution in [1.82, 2.24) is 0 Å². The monoisotopic (exact) mass is 444 g/mol. The molecule has 2 aromatic rings. The van der Waals surface area contributed by atoms with Crippen molar-refractivity contribution in [3.8, 4) is 23.0 Å². The number of hydrogen-bond donors (Lipinski definition) is 0. The molecule has 0 amide bonds. The van der Waals surface area contributed by atoms with Crippen LogP contribution in [0.4, 0.5) is 11.4 Å². The fourth-order valence-corrected chi connectivity index (χ4v) is 4.20. The molecule has 0 N–H and O–H groups in total. The molecule has 0 aliphatic carbocycles. The Morgan fingerprint density at radius 1 is 0.812 bits per heavy atom. The summed E-state index contributed by atoms with van der Waals surface area (Å²) in [7, 11) is 0. The highest BCUT2D eigenvalue weighted by Crippen LogP contribution is 2.43. The Bertz CT molecular complexity index is 1150. The highest BCUT2D eigenvalue weighted by atomic mass is 16.7. The molecule has 0 unspecified atom stereocenters. The lowest BCUT2D eigenvalue weighted by Crippen LogP contribution is -2.21. The van der Waals surface area contributed by atoms with Gasteiger partial charge in [0.15, 0.2) is 17.2 Å². The minimum Gasteiger partial charge on any atom is -0.465 e. The van der Waals surface area contributed by atoms with Crippen LogP contribution >= 0.6 is 0 Å². The van der Waals surface area contributed by atoms with Crippen molar-refractivity contribution >= 4 is 17.3 Å². The van der Waals surface area contributed by atoms with E-state index < -0.39 is 21.7 Å². The average molecular weight is 444 g/mol. The van der Waals surface area contributed by atoms with E-state index in [0.717, 1.165) is 0 Å². The van der Waals surface area contributed by atoms with Crippen LogP contribution in [0.2, 0.25) is 0 Å². The molecule has 2 aromatic carbocycles. The normalized spacial score (nSPS) is 20.3. The van der Waals surface area contributed by atoms with Crippen LogP contribution in [-0.4, -0.2) is 36.0 Å². The molecule has 3 heterocycles. The first-order valence-electron chi connectivity index (χ1n) is 9.71. The van der Waals surface area contributed by atoms with Gasteiger partial charge in [-0.1, -0.05) is 0 Å². The van der Waals surface area contributed by atoms with Crippen molar-refractivity contribution in [3.05, 3.63) is 55.6 Å². The number of cyclic esters (lactones) is 1. The summed E-state index contributed by atoms with van der Waals surface area (Å²) >= 11 is 0. The van der Waals surface area contributed by atoms with Gasteiger partial charge in [0.25, 0.3) is 5.69 Å². The van der Waals surface area contributed by atoms with Gasteiger partial charge in [-0.3, -0.25) is 25.0 Å². The number of fused-ring (bicyclic) bond motifs is 2. The number of carbonyl (C=O) groups is 1. The molecule has 0 aromatic heterocycles. The van der Waals surface area contributed by atoms with Crippen LogP contribution in [0.3, 0.4) is 0 Å². The highest BCUT2D eigenvalue weighted by molar-refractivity contribution is 5.75. The summed E-state index contributed by atoms with van der Waals surface area (Å²) < 4.78 is 26.2. The van der Waals surface area contributed by atoms with Gasteiger partial charge >= 0.3 is 11.7 Å². The smallest absolute Gasteiger partial charge is 0.315 e. The van der Waals surface area contributed by atoms with E-state index in [9.17, 15) is 25.0 Å². The quantitative estimate of drug-likeness (QED) is 0.369. The zero-order valence-corrected chi connectivity index (χ0v) is 16.5. The van der Waals surface area contributed by atoms with Crippen molar-refractivity contribution in [2.75, 3.05) is 20.2 Å². The number of benzene rings is 2. The first-order chi connectivity index (χ1) is 15.4. The van der Waals surface area contributed by atoms with E-state index in [1.807, 2.05) is 0 Å². The van der Waals surface area contributed by atoms with Gasteiger partial charge in [0.1, 0.15) is 0 Å². The number of esters is 1. The number of rotatable bonds is 6. The third-order valence-corrected chi connectivity index (χ3v) is 5.73. The zero-order valence-electron chi connectivity index (χ0n) is 16.5. The standard InChI is InChI=1S/C20H16N2O10/c23-20-13(4-11-5-16-17(30-8-29-16)6-14(11)21(24)25)12(7-28-20)1-10-2-15(22(26)27)19-18(3-10)31-9-32-19/h2-3,5-6,12-13H,1,4,7-9H2/t12-,13+/m0/s1. The van der Waals surface area contributed by atoms with Crippen molar-refractivity contribution < 1.29 is 38.3 Å². The Labute approximate surface area is 179 Å². The van der Waals surface area contributed by atoms with E-state index in [1.165, 1.54) is 18.2 Å². The molecule has 0 saturated carbocycles. The van der Waals surface area contributed by atoms with Gasteiger partial charge in [-0.25, -0.2) is 0 Å². The van der Waals surface area contributed by atoms with Gasteiger partial charge in [-0.2, -0.15) is 0 Å². The second-order valence-corrected chi connectivity index (χ2v) is 7.60. The second-order valence-electron chi connectivity index (χ2n) is 7.60. The van der Waals surface area contributed by atoms with Crippen LogP contribution in [0, 0.1) is 32.1 Å². The summed E-state index contributed by atoms with van der Waals surface area (Å²) in [5.41, 5.74) is 0.508. The zero-order chi connectivity index (χ0) is 22.4. The Morgan fingerprint density at radius 3 is 2.25 bits per heavy atom. The molecule has 3 aliphatic rings. The van der Waals surface area contributed by atoms with E-state index in [2.05, 4.69) is 0 Å². The molecule has 0 spiro atoms. The Balaban J connectivity index is 1.43. The Morgan fingerprint density at radius 2 is 1.50 bits per heavy atom. The topological polar surface area (TPSA) is 150 Å². The molecule has 1 saturated heterocycles. The summed E-state index contributed by atoms with van der Waals surface area (Å²) in [6, 6.07) is 5.82. The van der Waals surface area contributed by atoms with Crippen molar-refractivity contribution in [2.45, 2.75) is 12.8 Å². The summed E-state index contributed by atoms with van der Waals surface area (Å²) in [4.78, 5) is 34.3. The predicted octanol–water partition coefficient (Wildman–Crippen LogP) is 2.53. The van der Waals surface area contributed by atoms with Crippen molar-refractivity contribution in [3.63, 3.8) is 0 Å². The fourth-order valence-electron chi connectivity index (χ4n) is 4.20. The summed E-state index contributed by atoms with van der Waals surface area (Å²) in [5.74, 6) is -0.491. The van der Waals surface area contributed by atoms with Crippen LogP contribution in [0.15, 0.2) is 24.3 Å². The minimum absolute atomic E-state index is 0.0348. The Hall–Kier alpha value is -4.09. The number of nitro benzene ring substituents is 2.